The Balaban J connectivity index is 1.93. The van der Waals surface area contributed by atoms with Gasteiger partial charge in [0.1, 0.15) is 6.04 Å². The molecule has 3 rings (SSSR count). The number of halogens is 2. The van der Waals surface area contributed by atoms with Crippen LogP contribution in [0.5, 0.6) is 0 Å². The summed E-state index contributed by atoms with van der Waals surface area (Å²) in [5.74, 6) is -0.102. The minimum atomic E-state index is -0.695. The number of nitrogens with one attached hydrogen (secondary N) is 1. The molecule has 1 N–H and O–H groups in total. The summed E-state index contributed by atoms with van der Waals surface area (Å²) in [4.78, 5) is 29.9. The van der Waals surface area contributed by atoms with Crippen molar-refractivity contribution in [3.63, 3.8) is 0 Å². The van der Waals surface area contributed by atoms with Crippen molar-refractivity contribution in [2.75, 3.05) is 5.75 Å². The summed E-state index contributed by atoms with van der Waals surface area (Å²) in [5.41, 5.74) is 2.88. The maximum absolute atomic E-state index is 13.7. The lowest BCUT2D eigenvalue weighted by Gasteiger charge is -2.32. The third kappa shape index (κ3) is 8.29. The molecule has 36 heavy (non-hydrogen) atoms. The van der Waals surface area contributed by atoms with Crippen molar-refractivity contribution >= 4 is 46.8 Å². The maximum atomic E-state index is 13.7. The molecule has 0 saturated heterocycles. The summed E-state index contributed by atoms with van der Waals surface area (Å²) >= 11 is 14.1. The first-order chi connectivity index (χ1) is 17.3. The van der Waals surface area contributed by atoms with Gasteiger partial charge in [-0.3, -0.25) is 9.59 Å². The van der Waals surface area contributed by atoms with Crippen LogP contribution in [-0.2, 0) is 22.6 Å². The molecule has 0 bridgehead atoms. The van der Waals surface area contributed by atoms with Crippen molar-refractivity contribution in [3.8, 4) is 0 Å². The zero-order chi connectivity index (χ0) is 26.1. The van der Waals surface area contributed by atoms with E-state index in [1.807, 2.05) is 81.4 Å². The van der Waals surface area contributed by atoms with E-state index in [4.69, 9.17) is 23.2 Å². The molecule has 0 aromatic heterocycles. The van der Waals surface area contributed by atoms with E-state index in [1.165, 1.54) is 11.8 Å². The van der Waals surface area contributed by atoms with Gasteiger partial charge in [-0.1, -0.05) is 84.2 Å². The largest absolute Gasteiger partial charge is 0.352 e. The molecule has 0 heterocycles. The van der Waals surface area contributed by atoms with Crippen LogP contribution >= 0.6 is 35.0 Å². The molecule has 0 aliphatic heterocycles. The van der Waals surface area contributed by atoms with Crippen LogP contribution in [0.2, 0.25) is 10.0 Å². The number of carbonyl (C=O) groups is 2. The zero-order valence-electron chi connectivity index (χ0n) is 20.8. The average molecular weight is 544 g/mol. The van der Waals surface area contributed by atoms with Crippen LogP contribution in [0, 0.1) is 6.92 Å². The first kappa shape index (κ1) is 28.1. The SMILES string of the molecule is CC[C@H](C)NC(=O)[C@H](Cc1ccccc1)N(Cc1ccc(Cl)cc1Cl)C(=O)CSc1ccc(C)cc1. The van der Waals surface area contributed by atoms with Gasteiger partial charge in [-0.15, -0.1) is 11.8 Å². The normalized spacial score (nSPS) is 12.6. The quantitative estimate of drug-likeness (QED) is 0.266. The van der Waals surface area contributed by atoms with Crippen LogP contribution in [-0.4, -0.2) is 34.6 Å². The van der Waals surface area contributed by atoms with E-state index in [0.29, 0.717) is 16.5 Å². The molecule has 0 unspecified atom stereocenters. The van der Waals surface area contributed by atoms with Gasteiger partial charge in [0.15, 0.2) is 0 Å². The summed E-state index contributed by atoms with van der Waals surface area (Å²) in [6, 6.07) is 22.3. The molecule has 0 saturated carbocycles. The number of nitrogens with zero attached hydrogens (tertiary/aromatic N) is 1. The van der Waals surface area contributed by atoms with Crippen LogP contribution in [0.1, 0.15) is 37.0 Å². The lowest BCUT2D eigenvalue weighted by molar-refractivity contribution is -0.139. The van der Waals surface area contributed by atoms with E-state index < -0.39 is 6.04 Å². The number of thioether (sulfide) groups is 1. The number of amides is 2. The van der Waals surface area contributed by atoms with E-state index in [0.717, 1.165) is 28.0 Å². The fourth-order valence-corrected chi connectivity index (χ4v) is 4.94. The van der Waals surface area contributed by atoms with Crippen molar-refractivity contribution in [2.24, 2.45) is 0 Å². The van der Waals surface area contributed by atoms with Crippen molar-refractivity contribution in [2.45, 2.75) is 57.1 Å². The molecular weight excluding hydrogens is 511 g/mol. The predicted octanol–water partition coefficient (Wildman–Crippen LogP) is 6.95. The van der Waals surface area contributed by atoms with Gasteiger partial charge in [0.2, 0.25) is 11.8 Å². The van der Waals surface area contributed by atoms with E-state index >= 15 is 0 Å². The summed E-state index contributed by atoms with van der Waals surface area (Å²) < 4.78 is 0. The Kier molecular flexibility index (Phi) is 10.7. The molecule has 0 aliphatic carbocycles. The third-order valence-corrected chi connectivity index (χ3v) is 7.59. The molecule has 0 fully saturated rings. The topological polar surface area (TPSA) is 49.4 Å². The second kappa shape index (κ2) is 13.7. The van der Waals surface area contributed by atoms with Crippen molar-refractivity contribution < 1.29 is 9.59 Å². The highest BCUT2D eigenvalue weighted by atomic mass is 35.5. The Morgan fingerprint density at radius 1 is 1.00 bits per heavy atom. The number of rotatable bonds is 11. The minimum Gasteiger partial charge on any atom is -0.352 e. The van der Waals surface area contributed by atoms with Gasteiger partial charge in [-0.2, -0.15) is 0 Å². The van der Waals surface area contributed by atoms with Gasteiger partial charge in [0.05, 0.1) is 5.75 Å². The molecule has 0 radical (unpaired) electrons. The van der Waals surface area contributed by atoms with Crippen LogP contribution in [0.3, 0.4) is 0 Å². The lowest BCUT2D eigenvalue weighted by atomic mass is 10.0. The lowest BCUT2D eigenvalue weighted by Crippen LogP contribution is -2.52. The first-order valence-electron chi connectivity index (χ1n) is 12.0. The number of hydrogen-bond acceptors (Lipinski definition) is 3. The highest BCUT2D eigenvalue weighted by Gasteiger charge is 2.31. The smallest absolute Gasteiger partial charge is 0.243 e. The standard InChI is InChI=1S/C29H32Cl2N2O2S/c1-4-21(3)32-29(35)27(16-22-8-6-5-7-9-22)33(18-23-12-13-24(30)17-26(23)31)28(34)19-36-25-14-10-20(2)11-15-25/h5-15,17,21,27H,4,16,18-19H2,1-3H3,(H,32,35)/t21-,27-/m0/s1. The van der Waals surface area contributed by atoms with Gasteiger partial charge in [0, 0.05) is 33.9 Å². The zero-order valence-corrected chi connectivity index (χ0v) is 23.2. The van der Waals surface area contributed by atoms with Crippen molar-refractivity contribution in [3.05, 3.63) is 99.5 Å². The molecule has 2 atom stereocenters. The molecule has 7 heteroatoms. The molecule has 0 spiro atoms. The Labute approximate surface area is 228 Å². The van der Waals surface area contributed by atoms with Crippen LogP contribution in [0.15, 0.2) is 77.7 Å². The molecule has 0 aliphatic rings. The molecular formula is C29H32Cl2N2O2S. The van der Waals surface area contributed by atoms with E-state index in [1.54, 1.807) is 17.0 Å². The molecule has 3 aromatic carbocycles. The summed E-state index contributed by atoms with van der Waals surface area (Å²) in [6.07, 6.45) is 1.19. The summed E-state index contributed by atoms with van der Waals surface area (Å²) in [6.45, 7) is 6.22. The number of hydrogen-bond donors (Lipinski definition) is 1. The Bertz CT molecular complexity index is 1160. The fraction of sp³-hybridized carbons (Fsp3) is 0.310. The predicted molar refractivity (Wildman–Crippen MR) is 151 cm³/mol. The van der Waals surface area contributed by atoms with Crippen LogP contribution in [0.4, 0.5) is 0 Å². The molecule has 2 amide bonds. The third-order valence-electron chi connectivity index (χ3n) is 6.01. The minimum absolute atomic E-state index is 0.00576. The Morgan fingerprint density at radius 2 is 1.69 bits per heavy atom. The van der Waals surface area contributed by atoms with E-state index in [-0.39, 0.29) is 30.2 Å². The second-order valence-electron chi connectivity index (χ2n) is 8.88. The number of carbonyl (C=O) groups excluding carboxylic acids is 2. The van der Waals surface area contributed by atoms with Gasteiger partial charge in [-0.05, 0) is 55.7 Å². The molecule has 3 aromatic rings. The molecule has 4 nitrogen and oxygen atoms in total. The average Bonchev–Trinajstić information content (AvgIpc) is 2.87. The Morgan fingerprint density at radius 3 is 2.33 bits per heavy atom. The van der Waals surface area contributed by atoms with Gasteiger partial charge in [0.25, 0.3) is 0 Å². The summed E-state index contributed by atoms with van der Waals surface area (Å²) in [5, 5.41) is 4.07. The second-order valence-corrected chi connectivity index (χ2v) is 10.8. The highest BCUT2D eigenvalue weighted by Crippen LogP contribution is 2.26. The van der Waals surface area contributed by atoms with Crippen molar-refractivity contribution in [1.82, 2.24) is 10.2 Å². The molecule has 190 valence electrons. The monoisotopic (exact) mass is 542 g/mol. The first-order valence-corrected chi connectivity index (χ1v) is 13.8. The van der Waals surface area contributed by atoms with Gasteiger partial charge in [-0.25, -0.2) is 0 Å². The summed E-state index contributed by atoms with van der Waals surface area (Å²) in [7, 11) is 0. The highest BCUT2D eigenvalue weighted by molar-refractivity contribution is 8.00. The van der Waals surface area contributed by atoms with Crippen LogP contribution < -0.4 is 5.32 Å². The van der Waals surface area contributed by atoms with Crippen molar-refractivity contribution in [1.29, 1.82) is 0 Å². The Hall–Kier alpha value is -2.47. The maximum Gasteiger partial charge on any atom is 0.243 e. The number of aryl methyl sites for hydroxylation is 1. The fourth-order valence-electron chi connectivity index (χ4n) is 3.69. The van der Waals surface area contributed by atoms with Crippen LogP contribution in [0.25, 0.3) is 0 Å². The van der Waals surface area contributed by atoms with Gasteiger partial charge >= 0.3 is 0 Å². The van der Waals surface area contributed by atoms with Gasteiger partial charge < -0.3 is 10.2 Å². The van der Waals surface area contributed by atoms with E-state index in [9.17, 15) is 9.59 Å². The number of benzene rings is 3. The van der Waals surface area contributed by atoms with E-state index in [2.05, 4.69) is 5.32 Å².